The lowest BCUT2D eigenvalue weighted by Crippen LogP contribution is -2.13. The largest absolute Gasteiger partial charge is 0.478 e. The van der Waals surface area contributed by atoms with Crippen LogP contribution in [0, 0.1) is 12.8 Å². The summed E-state index contributed by atoms with van der Waals surface area (Å²) in [6.07, 6.45) is 1.05. The number of carbonyl (C=O) groups is 1. The Morgan fingerprint density at radius 1 is 1.37 bits per heavy atom. The van der Waals surface area contributed by atoms with Crippen LogP contribution in [0.5, 0.6) is 0 Å². The van der Waals surface area contributed by atoms with Gasteiger partial charge >= 0.3 is 5.97 Å². The Labute approximate surface area is 114 Å². The van der Waals surface area contributed by atoms with Crippen molar-refractivity contribution in [3.8, 4) is 0 Å². The molecule has 0 radical (unpaired) electrons. The van der Waals surface area contributed by atoms with E-state index in [2.05, 4.69) is 19.2 Å². The quantitative estimate of drug-likeness (QED) is 0.709. The zero-order valence-electron chi connectivity index (χ0n) is 11.9. The van der Waals surface area contributed by atoms with E-state index in [0.717, 1.165) is 18.6 Å². The fourth-order valence-electron chi connectivity index (χ4n) is 1.67. The van der Waals surface area contributed by atoms with Crippen LogP contribution in [-0.2, 0) is 4.74 Å². The summed E-state index contributed by atoms with van der Waals surface area (Å²) >= 11 is 0. The molecule has 0 aliphatic rings. The van der Waals surface area contributed by atoms with Crippen LogP contribution in [0.15, 0.2) is 18.2 Å². The fourth-order valence-corrected chi connectivity index (χ4v) is 1.67. The highest BCUT2D eigenvalue weighted by molar-refractivity contribution is 5.94. The molecule has 0 aromatic heterocycles. The van der Waals surface area contributed by atoms with Crippen molar-refractivity contribution in [3.63, 3.8) is 0 Å². The molecule has 1 aromatic carbocycles. The number of aromatic carboxylic acids is 1. The molecule has 0 aliphatic carbocycles. The Balaban J connectivity index is 2.40. The minimum absolute atomic E-state index is 0.299. The SMILES string of the molecule is Cc1ccc(C(=O)O)c(NCCOCCC(C)C)c1. The van der Waals surface area contributed by atoms with Gasteiger partial charge in [0.15, 0.2) is 0 Å². The van der Waals surface area contributed by atoms with Crippen molar-refractivity contribution in [1.29, 1.82) is 0 Å². The van der Waals surface area contributed by atoms with E-state index in [1.165, 1.54) is 0 Å². The molecule has 19 heavy (non-hydrogen) atoms. The van der Waals surface area contributed by atoms with E-state index in [9.17, 15) is 4.79 Å². The summed E-state index contributed by atoms with van der Waals surface area (Å²) in [5.74, 6) is -0.272. The number of carboxylic acid groups (broad SMARTS) is 1. The first kappa shape index (κ1) is 15.5. The second-order valence-electron chi connectivity index (χ2n) is 5.08. The van der Waals surface area contributed by atoms with Gasteiger partial charge in [0.2, 0.25) is 0 Å². The van der Waals surface area contributed by atoms with Gasteiger partial charge in [-0.05, 0) is 37.0 Å². The van der Waals surface area contributed by atoms with Gasteiger partial charge in [-0.15, -0.1) is 0 Å². The molecule has 106 valence electrons. The number of anilines is 1. The zero-order valence-corrected chi connectivity index (χ0v) is 11.9. The van der Waals surface area contributed by atoms with E-state index in [4.69, 9.17) is 9.84 Å². The number of nitrogens with one attached hydrogen (secondary N) is 1. The molecule has 2 N–H and O–H groups in total. The standard InChI is InChI=1S/C15H23NO3/c1-11(2)6-8-19-9-7-16-14-10-12(3)4-5-13(14)15(17)18/h4-5,10-11,16H,6-9H2,1-3H3,(H,17,18). The monoisotopic (exact) mass is 265 g/mol. The van der Waals surface area contributed by atoms with Gasteiger partial charge in [0.25, 0.3) is 0 Å². The van der Waals surface area contributed by atoms with Crippen molar-refractivity contribution in [1.82, 2.24) is 0 Å². The third kappa shape index (κ3) is 5.75. The summed E-state index contributed by atoms with van der Waals surface area (Å²) in [4.78, 5) is 11.1. The van der Waals surface area contributed by atoms with E-state index in [1.807, 2.05) is 13.0 Å². The minimum atomic E-state index is -0.914. The van der Waals surface area contributed by atoms with Crippen LogP contribution in [-0.4, -0.2) is 30.8 Å². The van der Waals surface area contributed by atoms with Gasteiger partial charge in [0, 0.05) is 18.8 Å². The highest BCUT2D eigenvalue weighted by Gasteiger charge is 2.09. The average Bonchev–Trinajstić information content (AvgIpc) is 2.33. The molecule has 4 heteroatoms. The number of aryl methyl sites for hydroxylation is 1. The van der Waals surface area contributed by atoms with Gasteiger partial charge in [-0.2, -0.15) is 0 Å². The van der Waals surface area contributed by atoms with Gasteiger partial charge < -0.3 is 15.2 Å². The molecule has 0 fully saturated rings. The minimum Gasteiger partial charge on any atom is -0.478 e. The molecule has 0 heterocycles. The molecule has 1 rings (SSSR count). The number of hydrogen-bond acceptors (Lipinski definition) is 3. The van der Waals surface area contributed by atoms with Crippen molar-refractivity contribution in [2.24, 2.45) is 5.92 Å². The fraction of sp³-hybridized carbons (Fsp3) is 0.533. The van der Waals surface area contributed by atoms with Crippen LogP contribution < -0.4 is 5.32 Å². The van der Waals surface area contributed by atoms with Gasteiger partial charge in [0.05, 0.1) is 12.2 Å². The van der Waals surface area contributed by atoms with Gasteiger partial charge in [-0.25, -0.2) is 4.79 Å². The molecule has 0 unspecified atom stereocenters. The molecule has 0 bridgehead atoms. The maximum Gasteiger partial charge on any atom is 0.337 e. The molecular weight excluding hydrogens is 242 g/mol. The van der Waals surface area contributed by atoms with Crippen LogP contribution in [0.2, 0.25) is 0 Å². The van der Waals surface area contributed by atoms with Crippen molar-refractivity contribution >= 4 is 11.7 Å². The molecule has 0 saturated carbocycles. The number of hydrogen-bond donors (Lipinski definition) is 2. The van der Waals surface area contributed by atoms with Gasteiger partial charge in [0.1, 0.15) is 0 Å². The molecule has 4 nitrogen and oxygen atoms in total. The van der Waals surface area contributed by atoms with E-state index in [-0.39, 0.29) is 0 Å². The van der Waals surface area contributed by atoms with Crippen molar-refractivity contribution in [2.45, 2.75) is 27.2 Å². The predicted octanol–water partition coefficient (Wildman–Crippen LogP) is 3.17. The Bertz CT molecular complexity index is 416. The third-order valence-corrected chi connectivity index (χ3v) is 2.81. The summed E-state index contributed by atoms with van der Waals surface area (Å²) in [5.41, 5.74) is 1.99. The normalized spacial score (nSPS) is 10.7. The highest BCUT2D eigenvalue weighted by Crippen LogP contribution is 2.17. The summed E-state index contributed by atoms with van der Waals surface area (Å²) in [7, 11) is 0. The van der Waals surface area contributed by atoms with E-state index in [1.54, 1.807) is 12.1 Å². The van der Waals surface area contributed by atoms with Crippen molar-refractivity contribution in [3.05, 3.63) is 29.3 Å². The van der Waals surface area contributed by atoms with Crippen molar-refractivity contribution < 1.29 is 14.6 Å². The Kier molecular flexibility index (Phi) is 6.36. The third-order valence-electron chi connectivity index (χ3n) is 2.81. The first-order valence-corrected chi connectivity index (χ1v) is 6.66. The second-order valence-corrected chi connectivity index (χ2v) is 5.08. The average molecular weight is 265 g/mol. The highest BCUT2D eigenvalue weighted by atomic mass is 16.5. The van der Waals surface area contributed by atoms with Crippen LogP contribution >= 0.6 is 0 Å². The van der Waals surface area contributed by atoms with Gasteiger partial charge in [-0.1, -0.05) is 19.9 Å². The molecule has 0 saturated heterocycles. The van der Waals surface area contributed by atoms with Crippen LogP contribution in [0.25, 0.3) is 0 Å². The van der Waals surface area contributed by atoms with Crippen molar-refractivity contribution in [2.75, 3.05) is 25.1 Å². The zero-order chi connectivity index (χ0) is 14.3. The van der Waals surface area contributed by atoms with E-state index < -0.39 is 5.97 Å². The molecule has 0 atom stereocenters. The van der Waals surface area contributed by atoms with E-state index in [0.29, 0.717) is 30.3 Å². The maximum atomic E-state index is 11.1. The summed E-state index contributed by atoms with van der Waals surface area (Å²) in [6, 6.07) is 5.27. The summed E-state index contributed by atoms with van der Waals surface area (Å²) in [6.45, 7) is 8.21. The van der Waals surface area contributed by atoms with Crippen LogP contribution in [0.3, 0.4) is 0 Å². The van der Waals surface area contributed by atoms with Crippen LogP contribution in [0.1, 0.15) is 36.2 Å². The van der Waals surface area contributed by atoms with E-state index >= 15 is 0 Å². The Morgan fingerprint density at radius 2 is 2.11 bits per heavy atom. The predicted molar refractivity (Wildman–Crippen MR) is 76.9 cm³/mol. The lowest BCUT2D eigenvalue weighted by Gasteiger charge is -2.11. The topological polar surface area (TPSA) is 58.6 Å². The van der Waals surface area contributed by atoms with Crippen LogP contribution in [0.4, 0.5) is 5.69 Å². The Morgan fingerprint density at radius 3 is 2.74 bits per heavy atom. The number of ether oxygens (including phenoxy) is 1. The molecule has 0 aliphatic heterocycles. The number of rotatable bonds is 8. The molecular formula is C15H23NO3. The molecule has 1 aromatic rings. The second kappa shape index (κ2) is 7.79. The van der Waals surface area contributed by atoms with Gasteiger partial charge in [-0.3, -0.25) is 0 Å². The Hall–Kier alpha value is -1.55. The summed E-state index contributed by atoms with van der Waals surface area (Å²) in [5, 5.41) is 12.2. The lowest BCUT2D eigenvalue weighted by atomic mass is 10.1. The lowest BCUT2D eigenvalue weighted by molar-refractivity contribution is 0.0697. The molecule has 0 spiro atoms. The smallest absolute Gasteiger partial charge is 0.337 e. The first-order valence-electron chi connectivity index (χ1n) is 6.66. The molecule has 0 amide bonds. The first-order chi connectivity index (χ1) is 9.00. The summed E-state index contributed by atoms with van der Waals surface area (Å²) < 4.78 is 5.49. The maximum absolute atomic E-state index is 11.1. The number of benzene rings is 1. The number of carboxylic acids is 1.